The molecule has 0 spiro atoms. The van der Waals surface area contributed by atoms with Crippen molar-refractivity contribution in [3.63, 3.8) is 0 Å². The molecule has 2 fully saturated rings. The first-order valence-electron chi connectivity index (χ1n) is 6.39. The molecule has 2 rings (SSSR count). The van der Waals surface area contributed by atoms with E-state index in [0.29, 0.717) is 25.8 Å². The first-order chi connectivity index (χ1) is 8.57. The summed E-state index contributed by atoms with van der Waals surface area (Å²) in [6, 6.07) is -0.341. The molecule has 0 aromatic rings. The minimum absolute atomic E-state index is 0.0325. The van der Waals surface area contributed by atoms with Crippen LogP contribution in [0.2, 0.25) is 0 Å². The van der Waals surface area contributed by atoms with Gasteiger partial charge in [0, 0.05) is 13.7 Å². The van der Waals surface area contributed by atoms with E-state index in [1.165, 1.54) is 0 Å². The van der Waals surface area contributed by atoms with E-state index in [1.54, 1.807) is 7.11 Å². The summed E-state index contributed by atoms with van der Waals surface area (Å²) < 4.78 is 5.18. The molecule has 2 unspecified atom stereocenters. The largest absolute Gasteiger partial charge is 0.480 e. The quantitative estimate of drug-likeness (QED) is 0.652. The van der Waals surface area contributed by atoms with E-state index in [2.05, 4.69) is 10.6 Å². The van der Waals surface area contributed by atoms with Gasteiger partial charge in [-0.3, -0.25) is 4.79 Å². The highest BCUT2D eigenvalue weighted by Crippen LogP contribution is 2.30. The second kappa shape index (κ2) is 5.24. The predicted octanol–water partition coefficient (Wildman–Crippen LogP) is -0.123. The minimum atomic E-state index is -1.05. The van der Waals surface area contributed by atoms with E-state index in [-0.39, 0.29) is 18.1 Å². The number of ether oxygens (including phenoxy) is 1. The normalized spacial score (nSPS) is 30.3. The van der Waals surface area contributed by atoms with Crippen LogP contribution in [0.15, 0.2) is 0 Å². The van der Waals surface area contributed by atoms with Crippen molar-refractivity contribution in [1.82, 2.24) is 10.6 Å². The van der Waals surface area contributed by atoms with E-state index in [4.69, 9.17) is 4.74 Å². The van der Waals surface area contributed by atoms with Crippen molar-refractivity contribution in [2.45, 2.75) is 49.8 Å². The van der Waals surface area contributed by atoms with Crippen molar-refractivity contribution in [3.8, 4) is 0 Å². The maximum absolute atomic E-state index is 12.1. The molecule has 0 aromatic carbocycles. The lowest BCUT2D eigenvalue weighted by atomic mass is 9.97. The van der Waals surface area contributed by atoms with Gasteiger partial charge in [0.05, 0.1) is 12.1 Å². The second-order valence-electron chi connectivity index (χ2n) is 5.14. The molecule has 6 heteroatoms. The number of rotatable bonds is 4. The summed E-state index contributed by atoms with van der Waals surface area (Å²) in [5, 5.41) is 15.1. The molecular weight excluding hydrogens is 236 g/mol. The molecule has 1 saturated carbocycles. The van der Waals surface area contributed by atoms with Crippen LogP contribution < -0.4 is 10.6 Å². The van der Waals surface area contributed by atoms with Gasteiger partial charge in [-0.1, -0.05) is 12.8 Å². The molecule has 1 aliphatic heterocycles. The van der Waals surface area contributed by atoms with E-state index in [1.807, 2.05) is 0 Å². The Morgan fingerprint density at radius 3 is 2.56 bits per heavy atom. The molecule has 0 bridgehead atoms. The van der Waals surface area contributed by atoms with Crippen LogP contribution in [0, 0.1) is 0 Å². The van der Waals surface area contributed by atoms with Gasteiger partial charge < -0.3 is 20.5 Å². The average Bonchev–Trinajstić information content (AvgIpc) is 2.97. The van der Waals surface area contributed by atoms with E-state index >= 15 is 0 Å². The molecule has 1 aliphatic carbocycles. The number of carboxylic acid groups (broad SMARTS) is 1. The zero-order valence-electron chi connectivity index (χ0n) is 10.6. The summed E-state index contributed by atoms with van der Waals surface area (Å²) >= 11 is 0. The second-order valence-corrected chi connectivity index (χ2v) is 5.14. The van der Waals surface area contributed by atoms with Gasteiger partial charge in [-0.25, -0.2) is 4.79 Å². The van der Waals surface area contributed by atoms with Crippen LogP contribution in [-0.4, -0.2) is 48.3 Å². The van der Waals surface area contributed by atoms with E-state index < -0.39 is 11.5 Å². The summed E-state index contributed by atoms with van der Waals surface area (Å²) in [7, 11) is 1.61. The molecule has 2 aliphatic rings. The third-order valence-corrected chi connectivity index (χ3v) is 3.97. The third kappa shape index (κ3) is 2.49. The number of nitrogens with one attached hydrogen (secondary N) is 2. The molecule has 102 valence electrons. The number of amides is 1. The molecule has 0 aromatic heterocycles. The Morgan fingerprint density at radius 1 is 1.39 bits per heavy atom. The zero-order valence-corrected chi connectivity index (χ0v) is 10.6. The molecular formula is C12H20N2O4. The summed E-state index contributed by atoms with van der Waals surface area (Å²) in [6.45, 7) is 0.634. The van der Waals surface area contributed by atoms with Gasteiger partial charge in [-0.15, -0.1) is 0 Å². The smallest absolute Gasteiger partial charge is 0.329 e. The van der Waals surface area contributed by atoms with Crippen molar-refractivity contribution >= 4 is 11.9 Å². The van der Waals surface area contributed by atoms with Gasteiger partial charge in [-0.05, 0) is 19.3 Å². The fourth-order valence-electron chi connectivity index (χ4n) is 2.78. The van der Waals surface area contributed by atoms with Crippen molar-refractivity contribution < 1.29 is 19.4 Å². The van der Waals surface area contributed by atoms with Crippen LogP contribution in [-0.2, 0) is 14.3 Å². The fourth-order valence-corrected chi connectivity index (χ4v) is 2.78. The maximum atomic E-state index is 12.1. The fraction of sp³-hybridized carbons (Fsp3) is 0.833. The van der Waals surface area contributed by atoms with Crippen LogP contribution in [0.3, 0.4) is 0 Å². The zero-order chi connectivity index (χ0) is 13.2. The number of hydrogen-bond donors (Lipinski definition) is 3. The SMILES string of the molecule is COC1CNC(C(=O)NC2(C(=O)O)CCCC2)C1. The summed E-state index contributed by atoms with van der Waals surface area (Å²) in [5.74, 6) is -1.14. The summed E-state index contributed by atoms with van der Waals surface area (Å²) in [6.07, 6.45) is 3.38. The number of hydrogen-bond acceptors (Lipinski definition) is 4. The monoisotopic (exact) mass is 256 g/mol. The van der Waals surface area contributed by atoms with Crippen molar-refractivity contribution in [2.24, 2.45) is 0 Å². The number of carboxylic acids is 1. The lowest BCUT2D eigenvalue weighted by Gasteiger charge is -2.27. The average molecular weight is 256 g/mol. The van der Waals surface area contributed by atoms with Gasteiger partial charge in [-0.2, -0.15) is 0 Å². The highest BCUT2D eigenvalue weighted by atomic mass is 16.5. The standard InChI is InChI=1S/C12H20N2O4/c1-18-8-6-9(13-7-8)10(15)14-12(11(16)17)4-2-3-5-12/h8-9,13H,2-7H2,1H3,(H,14,15)(H,16,17). The van der Waals surface area contributed by atoms with E-state index in [9.17, 15) is 14.7 Å². The Hall–Kier alpha value is -1.14. The Labute approximate surface area is 106 Å². The van der Waals surface area contributed by atoms with Gasteiger partial charge in [0.1, 0.15) is 5.54 Å². The highest BCUT2D eigenvalue weighted by Gasteiger charge is 2.44. The van der Waals surface area contributed by atoms with Gasteiger partial charge >= 0.3 is 5.97 Å². The van der Waals surface area contributed by atoms with E-state index in [0.717, 1.165) is 12.8 Å². The topological polar surface area (TPSA) is 87.7 Å². The molecule has 2 atom stereocenters. The minimum Gasteiger partial charge on any atom is -0.480 e. The summed E-state index contributed by atoms with van der Waals surface area (Å²) in [5.41, 5.74) is -1.05. The first-order valence-corrected chi connectivity index (χ1v) is 6.39. The molecule has 6 nitrogen and oxygen atoms in total. The molecule has 18 heavy (non-hydrogen) atoms. The van der Waals surface area contributed by atoms with Gasteiger partial charge in [0.25, 0.3) is 0 Å². The Kier molecular flexibility index (Phi) is 3.87. The maximum Gasteiger partial charge on any atom is 0.329 e. The van der Waals surface area contributed by atoms with Crippen molar-refractivity contribution in [1.29, 1.82) is 0 Å². The van der Waals surface area contributed by atoms with Crippen molar-refractivity contribution in [3.05, 3.63) is 0 Å². The molecule has 3 N–H and O–H groups in total. The Balaban J connectivity index is 1.96. The van der Waals surface area contributed by atoms with Crippen LogP contribution >= 0.6 is 0 Å². The van der Waals surface area contributed by atoms with Crippen molar-refractivity contribution in [2.75, 3.05) is 13.7 Å². The van der Waals surface area contributed by atoms with Crippen LogP contribution in [0.5, 0.6) is 0 Å². The first kappa shape index (κ1) is 13.3. The van der Waals surface area contributed by atoms with Gasteiger partial charge in [0.15, 0.2) is 0 Å². The molecule has 1 heterocycles. The Bertz CT molecular complexity index is 339. The highest BCUT2D eigenvalue weighted by molar-refractivity contribution is 5.90. The number of carbonyl (C=O) groups is 2. The molecule has 1 amide bonds. The number of methoxy groups -OCH3 is 1. The summed E-state index contributed by atoms with van der Waals surface area (Å²) in [4.78, 5) is 23.4. The van der Waals surface area contributed by atoms with Crippen LogP contribution in [0.4, 0.5) is 0 Å². The molecule has 0 radical (unpaired) electrons. The molecule has 1 saturated heterocycles. The predicted molar refractivity (Wildman–Crippen MR) is 64.2 cm³/mol. The van der Waals surface area contributed by atoms with Gasteiger partial charge in [0.2, 0.25) is 5.91 Å². The van der Waals surface area contributed by atoms with Crippen LogP contribution in [0.1, 0.15) is 32.1 Å². The lowest BCUT2D eigenvalue weighted by Crippen LogP contribution is -2.56. The Morgan fingerprint density at radius 2 is 2.06 bits per heavy atom. The third-order valence-electron chi connectivity index (χ3n) is 3.97. The number of aliphatic carboxylic acids is 1. The lowest BCUT2D eigenvalue weighted by molar-refractivity contribution is -0.147. The number of carbonyl (C=O) groups excluding carboxylic acids is 1. The van der Waals surface area contributed by atoms with Crippen LogP contribution in [0.25, 0.3) is 0 Å².